The Morgan fingerprint density at radius 2 is 1.57 bits per heavy atom. The number of halogens is 3. The van der Waals surface area contributed by atoms with E-state index in [0.29, 0.717) is 38.3 Å². The Morgan fingerprint density at radius 3 is 2.22 bits per heavy atom. The summed E-state index contributed by atoms with van der Waals surface area (Å²) in [6, 6.07) is 10.5. The normalized spacial score (nSPS) is 31.1. The molecule has 1 unspecified atom stereocenters. The number of rotatable bonds is 4. The molecular weight excluding hydrogens is 479 g/mol. The van der Waals surface area contributed by atoms with E-state index in [-0.39, 0.29) is 41.9 Å². The van der Waals surface area contributed by atoms with E-state index >= 15 is 0 Å². The van der Waals surface area contributed by atoms with E-state index in [1.165, 1.54) is 24.3 Å². The second-order valence-corrected chi connectivity index (χ2v) is 11.0. The molecule has 8 heteroatoms. The van der Waals surface area contributed by atoms with Gasteiger partial charge in [0.2, 0.25) is 5.91 Å². The molecule has 5 nitrogen and oxygen atoms in total. The van der Waals surface area contributed by atoms with Crippen LogP contribution in [0.2, 0.25) is 0 Å². The molecule has 0 aliphatic carbocycles. The first-order valence-corrected chi connectivity index (χ1v) is 13.3. The number of benzene rings is 2. The zero-order valence-electron chi connectivity index (χ0n) is 21.7. The number of piperazine rings is 1. The van der Waals surface area contributed by atoms with Gasteiger partial charge in [0.1, 0.15) is 17.5 Å². The van der Waals surface area contributed by atoms with Gasteiger partial charge in [0.05, 0.1) is 12.0 Å². The second kappa shape index (κ2) is 10.7. The number of carbonyl (C=O) groups excluding carboxylic acids is 1. The molecule has 0 bridgehead atoms. The number of anilines is 1. The van der Waals surface area contributed by atoms with E-state index in [1.807, 2.05) is 4.90 Å². The summed E-state index contributed by atoms with van der Waals surface area (Å²) in [5, 5.41) is 0. The van der Waals surface area contributed by atoms with Gasteiger partial charge in [-0.15, -0.1) is 0 Å². The number of ether oxygens (including phenoxy) is 1. The highest BCUT2D eigenvalue weighted by atomic mass is 19.1. The Morgan fingerprint density at radius 1 is 0.892 bits per heavy atom. The predicted octanol–water partition coefficient (Wildman–Crippen LogP) is 4.81. The standard InChI is InChI=1S/C29H36F3N3O2/c1-18-14-34(15-19(2)35(18)23-7-4-21(30)5-8-23)29(36)27-17-33(24-10-11-37-20(3)12-24)16-26(27)25-9-6-22(31)13-28(25)32/h4-9,13,18-20,24,26-27H,10-12,14-17H2,1-3H3/t18-,19+,20-,24-,26-,27?/m0/s1. The van der Waals surface area contributed by atoms with Gasteiger partial charge in [0, 0.05) is 68.6 Å². The topological polar surface area (TPSA) is 36.0 Å². The molecule has 3 fully saturated rings. The molecule has 2 aromatic carbocycles. The quantitative estimate of drug-likeness (QED) is 0.586. The third-order valence-corrected chi connectivity index (χ3v) is 8.36. The largest absolute Gasteiger partial charge is 0.378 e. The minimum atomic E-state index is -0.614. The van der Waals surface area contributed by atoms with Crippen molar-refractivity contribution in [2.45, 2.75) is 63.8 Å². The number of hydrogen-bond donors (Lipinski definition) is 0. The molecule has 37 heavy (non-hydrogen) atoms. The highest BCUT2D eigenvalue weighted by molar-refractivity contribution is 5.81. The van der Waals surface area contributed by atoms with E-state index in [4.69, 9.17) is 4.74 Å². The molecule has 0 radical (unpaired) electrons. The molecule has 0 aromatic heterocycles. The highest BCUT2D eigenvalue weighted by Crippen LogP contribution is 2.39. The molecular formula is C29H36F3N3O2. The molecule has 0 N–H and O–H groups in total. The monoisotopic (exact) mass is 515 g/mol. The summed E-state index contributed by atoms with van der Waals surface area (Å²) in [6.45, 7) is 9.06. The maximum atomic E-state index is 15.0. The van der Waals surface area contributed by atoms with Crippen molar-refractivity contribution in [3.63, 3.8) is 0 Å². The van der Waals surface area contributed by atoms with Crippen LogP contribution in [0.15, 0.2) is 42.5 Å². The minimum absolute atomic E-state index is 0.0220. The number of hydrogen-bond acceptors (Lipinski definition) is 4. The van der Waals surface area contributed by atoms with Crippen LogP contribution in [0.3, 0.4) is 0 Å². The van der Waals surface area contributed by atoms with Crippen molar-refractivity contribution in [2.24, 2.45) is 5.92 Å². The summed E-state index contributed by atoms with van der Waals surface area (Å²) in [4.78, 5) is 20.5. The van der Waals surface area contributed by atoms with Crippen LogP contribution < -0.4 is 4.90 Å². The second-order valence-electron chi connectivity index (χ2n) is 11.0. The number of amides is 1. The maximum Gasteiger partial charge on any atom is 0.227 e. The molecule has 3 aliphatic heterocycles. The van der Waals surface area contributed by atoms with E-state index in [1.54, 1.807) is 12.1 Å². The van der Waals surface area contributed by atoms with E-state index in [2.05, 4.69) is 30.6 Å². The van der Waals surface area contributed by atoms with Gasteiger partial charge in [-0.3, -0.25) is 9.69 Å². The fraction of sp³-hybridized carbons (Fsp3) is 0.552. The van der Waals surface area contributed by atoms with Crippen molar-refractivity contribution in [1.29, 1.82) is 0 Å². The molecule has 0 spiro atoms. The van der Waals surface area contributed by atoms with Crippen molar-refractivity contribution in [3.8, 4) is 0 Å². The molecule has 200 valence electrons. The smallest absolute Gasteiger partial charge is 0.227 e. The molecule has 1 amide bonds. The van der Waals surface area contributed by atoms with Gasteiger partial charge < -0.3 is 14.5 Å². The van der Waals surface area contributed by atoms with Crippen molar-refractivity contribution in [3.05, 3.63) is 65.5 Å². The van der Waals surface area contributed by atoms with Crippen molar-refractivity contribution >= 4 is 11.6 Å². The fourth-order valence-electron chi connectivity index (χ4n) is 6.67. The highest BCUT2D eigenvalue weighted by Gasteiger charge is 2.45. The summed E-state index contributed by atoms with van der Waals surface area (Å²) in [6.07, 6.45) is 1.91. The summed E-state index contributed by atoms with van der Waals surface area (Å²) in [5.74, 6) is -2.21. The van der Waals surface area contributed by atoms with Crippen molar-refractivity contribution in [2.75, 3.05) is 37.7 Å². The van der Waals surface area contributed by atoms with Crippen LogP contribution in [-0.4, -0.2) is 72.7 Å². The van der Waals surface area contributed by atoms with E-state index in [0.717, 1.165) is 24.6 Å². The van der Waals surface area contributed by atoms with Crippen LogP contribution in [0, 0.1) is 23.4 Å². The fourth-order valence-corrected chi connectivity index (χ4v) is 6.67. The molecule has 3 saturated heterocycles. The Hall–Kier alpha value is -2.58. The molecule has 5 rings (SSSR count). The SMILES string of the molecule is C[C@@H]1CN(C(=O)C2CN([C@H]3CCO[C@@H](C)C3)C[C@H]2c2ccc(F)cc2F)C[C@H](C)N1c1ccc(F)cc1. The van der Waals surface area contributed by atoms with Crippen LogP contribution in [0.5, 0.6) is 0 Å². The van der Waals surface area contributed by atoms with Gasteiger partial charge in [-0.1, -0.05) is 6.07 Å². The Kier molecular flexibility index (Phi) is 7.50. The van der Waals surface area contributed by atoms with Gasteiger partial charge in [-0.25, -0.2) is 13.2 Å². The summed E-state index contributed by atoms with van der Waals surface area (Å²) in [5.41, 5.74) is 1.34. The van der Waals surface area contributed by atoms with Gasteiger partial charge in [0.25, 0.3) is 0 Å². The van der Waals surface area contributed by atoms with Crippen LogP contribution >= 0.6 is 0 Å². The lowest BCUT2D eigenvalue weighted by Gasteiger charge is -2.46. The number of likely N-dealkylation sites (tertiary alicyclic amines) is 1. The van der Waals surface area contributed by atoms with Crippen LogP contribution in [0.4, 0.5) is 18.9 Å². The summed E-state index contributed by atoms with van der Waals surface area (Å²) >= 11 is 0. The van der Waals surface area contributed by atoms with Gasteiger partial charge in [0.15, 0.2) is 0 Å². The Labute approximate surface area is 217 Å². The molecule has 6 atom stereocenters. The van der Waals surface area contributed by atoms with Crippen molar-refractivity contribution < 1.29 is 22.7 Å². The third kappa shape index (κ3) is 5.36. The number of nitrogens with zero attached hydrogens (tertiary/aromatic N) is 3. The van der Waals surface area contributed by atoms with Gasteiger partial charge in [-0.05, 0) is 69.5 Å². The molecule has 0 saturated carbocycles. The summed E-state index contributed by atoms with van der Waals surface area (Å²) in [7, 11) is 0. The van der Waals surface area contributed by atoms with Crippen LogP contribution in [-0.2, 0) is 9.53 Å². The lowest BCUT2D eigenvalue weighted by molar-refractivity contribution is -0.137. The van der Waals surface area contributed by atoms with E-state index < -0.39 is 17.6 Å². The summed E-state index contributed by atoms with van der Waals surface area (Å²) < 4.78 is 47.9. The Bertz CT molecular complexity index is 1100. The van der Waals surface area contributed by atoms with E-state index in [9.17, 15) is 18.0 Å². The minimum Gasteiger partial charge on any atom is -0.378 e. The zero-order valence-corrected chi connectivity index (χ0v) is 21.7. The first kappa shape index (κ1) is 26.0. The first-order valence-electron chi connectivity index (χ1n) is 13.3. The molecule has 2 aromatic rings. The predicted molar refractivity (Wildman–Crippen MR) is 137 cm³/mol. The first-order chi connectivity index (χ1) is 17.7. The van der Waals surface area contributed by atoms with Gasteiger partial charge >= 0.3 is 0 Å². The third-order valence-electron chi connectivity index (χ3n) is 8.36. The average molecular weight is 516 g/mol. The zero-order chi connectivity index (χ0) is 26.3. The molecule has 3 heterocycles. The number of carbonyl (C=O) groups is 1. The van der Waals surface area contributed by atoms with Crippen molar-refractivity contribution in [1.82, 2.24) is 9.80 Å². The lowest BCUT2D eigenvalue weighted by atomic mass is 9.87. The molecule has 3 aliphatic rings. The maximum absolute atomic E-state index is 15.0. The van der Waals surface area contributed by atoms with Crippen LogP contribution in [0.25, 0.3) is 0 Å². The van der Waals surface area contributed by atoms with Gasteiger partial charge in [-0.2, -0.15) is 0 Å². The lowest BCUT2D eigenvalue weighted by Crippen LogP contribution is -2.59. The Balaban J connectivity index is 1.37. The van der Waals surface area contributed by atoms with Crippen LogP contribution in [0.1, 0.15) is 45.1 Å². The average Bonchev–Trinajstić information content (AvgIpc) is 3.29.